The van der Waals surface area contributed by atoms with E-state index in [0.717, 1.165) is 23.1 Å². The average molecular weight is 387 g/mol. The average Bonchev–Trinajstić information content (AvgIpc) is 2.65. The van der Waals surface area contributed by atoms with Gasteiger partial charge in [-0.25, -0.2) is 4.39 Å². The van der Waals surface area contributed by atoms with Crippen LogP contribution in [0.15, 0.2) is 41.4 Å². The zero-order chi connectivity index (χ0) is 20.5. The van der Waals surface area contributed by atoms with Crippen LogP contribution < -0.4 is 16.2 Å². The fourth-order valence-corrected chi connectivity index (χ4v) is 2.68. The molecule has 0 bridgehead atoms. The van der Waals surface area contributed by atoms with Crippen molar-refractivity contribution in [2.75, 3.05) is 20.3 Å². The Morgan fingerprint density at radius 2 is 1.93 bits per heavy atom. The number of aliphatic imine (C=N–C) groups is 1. The lowest BCUT2D eigenvalue weighted by atomic mass is 9.99. The number of carbonyl (C=O) groups excluding carboxylic acids is 1. The molecule has 2 aromatic rings. The van der Waals surface area contributed by atoms with Crippen LogP contribution in [-0.4, -0.2) is 32.2 Å². The number of nitrogens with two attached hydrogens (primary N) is 2. The molecule has 0 saturated carbocycles. The minimum atomic E-state index is -0.382. The van der Waals surface area contributed by atoms with Crippen LogP contribution in [0.4, 0.5) is 4.39 Å². The van der Waals surface area contributed by atoms with Crippen LogP contribution >= 0.6 is 0 Å². The summed E-state index contributed by atoms with van der Waals surface area (Å²) < 4.78 is 25.0. The highest BCUT2D eigenvalue weighted by Gasteiger charge is 2.11. The van der Waals surface area contributed by atoms with Crippen LogP contribution in [-0.2, 0) is 16.0 Å². The highest BCUT2D eigenvalue weighted by Crippen LogP contribution is 2.32. The van der Waals surface area contributed by atoms with Crippen molar-refractivity contribution in [3.8, 4) is 16.9 Å². The molecule has 0 aliphatic rings. The summed E-state index contributed by atoms with van der Waals surface area (Å²) in [6, 6.07) is 10.7. The number of aryl methyl sites for hydroxylation is 2. The molecular weight excluding hydrogens is 361 g/mol. The van der Waals surface area contributed by atoms with Crippen molar-refractivity contribution >= 4 is 11.9 Å². The van der Waals surface area contributed by atoms with Crippen LogP contribution in [0.3, 0.4) is 0 Å². The first kappa shape index (κ1) is 21.4. The summed E-state index contributed by atoms with van der Waals surface area (Å²) in [4.78, 5) is 15.2. The highest BCUT2D eigenvalue weighted by molar-refractivity contribution is 5.91. The molecule has 2 aromatic carbocycles. The smallest absolute Gasteiger partial charge is 0.249 e. The Morgan fingerprint density at radius 3 is 2.61 bits per heavy atom. The van der Waals surface area contributed by atoms with Gasteiger partial charge in [0.2, 0.25) is 5.91 Å². The van der Waals surface area contributed by atoms with E-state index in [1.54, 1.807) is 20.1 Å². The highest BCUT2D eigenvalue weighted by atomic mass is 19.1. The predicted octanol–water partition coefficient (Wildman–Crippen LogP) is 2.95. The van der Waals surface area contributed by atoms with Gasteiger partial charge < -0.3 is 20.9 Å². The van der Waals surface area contributed by atoms with Crippen LogP contribution in [0, 0.1) is 12.7 Å². The number of nitrogens with zero attached hydrogens (tertiary/aromatic N) is 1. The second-order valence-corrected chi connectivity index (χ2v) is 6.42. The number of halogens is 1. The quantitative estimate of drug-likeness (QED) is 0.391. The molecule has 0 unspecified atom stereocenters. The number of methoxy groups -OCH3 is 1. The van der Waals surface area contributed by atoms with Gasteiger partial charge in [-0.15, -0.1) is 0 Å². The van der Waals surface area contributed by atoms with Gasteiger partial charge in [0.25, 0.3) is 0 Å². The molecule has 150 valence electrons. The van der Waals surface area contributed by atoms with E-state index in [4.69, 9.17) is 20.9 Å². The lowest BCUT2D eigenvalue weighted by Crippen LogP contribution is -2.24. The number of guanidine groups is 1. The fourth-order valence-electron chi connectivity index (χ4n) is 2.68. The maximum atomic E-state index is 14.0. The molecule has 28 heavy (non-hydrogen) atoms. The molecular formula is C21H26FN3O3. The predicted molar refractivity (Wildman–Crippen MR) is 108 cm³/mol. The van der Waals surface area contributed by atoms with E-state index in [1.165, 1.54) is 6.07 Å². The molecule has 0 aliphatic carbocycles. The summed E-state index contributed by atoms with van der Waals surface area (Å²) in [6.45, 7) is 2.77. The molecule has 1 amide bonds. The first-order chi connectivity index (χ1) is 13.4. The molecule has 0 aliphatic heterocycles. The molecule has 0 radical (unpaired) electrons. The van der Waals surface area contributed by atoms with E-state index in [2.05, 4.69) is 4.99 Å². The summed E-state index contributed by atoms with van der Waals surface area (Å²) in [6.07, 6.45) is 1.37. The standard InChI is InChI=1S/C21H26FN3O3/c1-14-4-7-16(13-18(14)22)17-8-5-15(6-9-20(26)25-21(23)24)12-19(17)28-11-3-10-27-2/h4-5,7-8,12-13H,3,6,9-11H2,1-2H3,(H4,23,24,25,26). The Morgan fingerprint density at radius 1 is 1.14 bits per heavy atom. The van der Waals surface area contributed by atoms with E-state index in [-0.39, 0.29) is 24.1 Å². The van der Waals surface area contributed by atoms with Gasteiger partial charge in [0, 0.05) is 32.1 Å². The van der Waals surface area contributed by atoms with E-state index >= 15 is 0 Å². The van der Waals surface area contributed by atoms with E-state index in [9.17, 15) is 9.18 Å². The minimum Gasteiger partial charge on any atom is -0.493 e. The van der Waals surface area contributed by atoms with Crippen molar-refractivity contribution < 1.29 is 18.7 Å². The molecule has 0 spiro atoms. The Balaban J connectivity index is 2.24. The lowest BCUT2D eigenvalue weighted by molar-refractivity contribution is -0.117. The third kappa shape index (κ3) is 6.35. The summed E-state index contributed by atoms with van der Waals surface area (Å²) in [5.41, 5.74) is 13.4. The maximum Gasteiger partial charge on any atom is 0.249 e. The van der Waals surface area contributed by atoms with Gasteiger partial charge in [-0.2, -0.15) is 4.99 Å². The number of ether oxygens (including phenoxy) is 2. The summed E-state index contributed by atoms with van der Waals surface area (Å²) >= 11 is 0. The molecule has 6 nitrogen and oxygen atoms in total. The van der Waals surface area contributed by atoms with Crippen LogP contribution in [0.5, 0.6) is 5.75 Å². The topological polar surface area (TPSA) is 99.9 Å². The van der Waals surface area contributed by atoms with Crippen LogP contribution in [0.2, 0.25) is 0 Å². The molecule has 0 aromatic heterocycles. The summed E-state index contributed by atoms with van der Waals surface area (Å²) in [5.74, 6) is -0.267. The maximum absolute atomic E-state index is 14.0. The van der Waals surface area contributed by atoms with Gasteiger partial charge >= 0.3 is 0 Å². The van der Waals surface area contributed by atoms with Gasteiger partial charge in [-0.1, -0.05) is 24.3 Å². The minimum absolute atomic E-state index is 0.180. The SMILES string of the molecule is COCCCOc1cc(CCC(=O)N=C(N)N)ccc1-c1ccc(C)c(F)c1. The van der Waals surface area contributed by atoms with E-state index < -0.39 is 0 Å². The number of amides is 1. The number of carbonyl (C=O) groups is 1. The largest absolute Gasteiger partial charge is 0.493 e. The van der Waals surface area contributed by atoms with Crippen molar-refractivity contribution in [1.29, 1.82) is 0 Å². The van der Waals surface area contributed by atoms with Crippen molar-refractivity contribution in [2.24, 2.45) is 16.5 Å². The van der Waals surface area contributed by atoms with Gasteiger partial charge in [-0.05, 0) is 42.2 Å². The Bertz CT molecular complexity index is 849. The van der Waals surface area contributed by atoms with Gasteiger partial charge in [0.05, 0.1) is 6.61 Å². The lowest BCUT2D eigenvalue weighted by Gasteiger charge is -2.14. The zero-order valence-electron chi connectivity index (χ0n) is 16.2. The van der Waals surface area contributed by atoms with Crippen LogP contribution in [0.1, 0.15) is 24.0 Å². The molecule has 0 heterocycles. The zero-order valence-corrected chi connectivity index (χ0v) is 16.2. The van der Waals surface area contributed by atoms with Gasteiger partial charge in [0.15, 0.2) is 5.96 Å². The first-order valence-corrected chi connectivity index (χ1v) is 9.04. The van der Waals surface area contributed by atoms with Crippen molar-refractivity contribution in [3.05, 3.63) is 53.3 Å². The second kappa shape index (κ2) is 10.4. The molecule has 0 fully saturated rings. The van der Waals surface area contributed by atoms with E-state index in [1.807, 2.05) is 24.3 Å². The van der Waals surface area contributed by atoms with Gasteiger partial charge in [-0.3, -0.25) is 4.79 Å². The Kier molecular flexibility index (Phi) is 7.95. The van der Waals surface area contributed by atoms with Crippen LogP contribution in [0.25, 0.3) is 11.1 Å². The third-order valence-corrected chi connectivity index (χ3v) is 4.16. The molecule has 2 rings (SSSR count). The van der Waals surface area contributed by atoms with E-state index in [0.29, 0.717) is 30.9 Å². The Hall–Kier alpha value is -2.93. The summed E-state index contributed by atoms with van der Waals surface area (Å²) in [5, 5.41) is 0. The molecule has 7 heteroatoms. The second-order valence-electron chi connectivity index (χ2n) is 6.42. The number of benzene rings is 2. The van der Waals surface area contributed by atoms with Crippen molar-refractivity contribution in [1.82, 2.24) is 0 Å². The first-order valence-electron chi connectivity index (χ1n) is 9.04. The van der Waals surface area contributed by atoms with Crippen molar-refractivity contribution in [2.45, 2.75) is 26.2 Å². The number of hydrogen-bond donors (Lipinski definition) is 2. The van der Waals surface area contributed by atoms with Crippen molar-refractivity contribution in [3.63, 3.8) is 0 Å². The Labute approximate surface area is 164 Å². The monoisotopic (exact) mass is 387 g/mol. The fraction of sp³-hybridized carbons (Fsp3) is 0.333. The normalized spacial score (nSPS) is 10.5. The van der Waals surface area contributed by atoms with Gasteiger partial charge in [0.1, 0.15) is 11.6 Å². The summed E-state index contributed by atoms with van der Waals surface area (Å²) in [7, 11) is 1.63. The molecule has 0 atom stereocenters. The molecule has 4 N–H and O–H groups in total. The molecule has 0 saturated heterocycles. The number of rotatable bonds is 9. The third-order valence-electron chi connectivity index (χ3n) is 4.16. The number of hydrogen-bond acceptors (Lipinski definition) is 3.